The molecule has 0 N–H and O–H groups in total. The summed E-state index contributed by atoms with van der Waals surface area (Å²) in [7, 11) is 0. The van der Waals surface area contributed by atoms with Crippen LogP contribution in [0.5, 0.6) is 11.5 Å². The van der Waals surface area contributed by atoms with Crippen LogP contribution in [0.25, 0.3) is 0 Å². The van der Waals surface area contributed by atoms with Crippen LogP contribution in [0.1, 0.15) is 64.9 Å². The number of carbonyl (C=O) groups is 1. The van der Waals surface area contributed by atoms with E-state index in [1.165, 1.54) is 5.69 Å². The second kappa shape index (κ2) is 10.5. The SMILES string of the molecule is CCCC(=O)C(C)c1ccc(O[C@@H]2CCN(c3cccc(OC(C)CC)c3)C2)cc1. The molecule has 2 aromatic rings. The Hall–Kier alpha value is -2.49. The van der Waals surface area contributed by atoms with Gasteiger partial charge in [-0.3, -0.25) is 4.79 Å². The van der Waals surface area contributed by atoms with Crippen molar-refractivity contribution in [3.05, 3.63) is 54.1 Å². The summed E-state index contributed by atoms with van der Waals surface area (Å²) in [5, 5.41) is 0. The van der Waals surface area contributed by atoms with Gasteiger partial charge in [0.15, 0.2) is 0 Å². The molecule has 4 nitrogen and oxygen atoms in total. The molecule has 0 radical (unpaired) electrons. The minimum absolute atomic E-state index is 0.0501. The van der Waals surface area contributed by atoms with Gasteiger partial charge in [-0.2, -0.15) is 0 Å². The number of Topliss-reactive ketones (excluding diaryl/α,β-unsaturated/α-hetero) is 1. The number of carbonyl (C=O) groups excluding carboxylic acids is 1. The zero-order chi connectivity index (χ0) is 21.5. The monoisotopic (exact) mass is 409 g/mol. The summed E-state index contributed by atoms with van der Waals surface area (Å²) in [6, 6.07) is 16.4. The number of anilines is 1. The maximum absolute atomic E-state index is 12.1. The van der Waals surface area contributed by atoms with Crippen LogP contribution in [0.3, 0.4) is 0 Å². The molecule has 2 unspecified atom stereocenters. The minimum atomic E-state index is -0.0501. The topological polar surface area (TPSA) is 38.8 Å². The molecule has 3 rings (SSSR count). The summed E-state index contributed by atoms with van der Waals surface area (Å²) in [5.41, 5.74) is 2.24. The molecule has 1 aliphatic heterocycles. The predicted molar refractivity (Wildman–Crippen MR) is 123 cm³/mol. The number of ether oxygens (including phenoxy) is 2. The Balaban J connectivity index is 1.56. The Morgan fingerprint density at radius 2 is 1.87 bits per heavy atom. The van der Waals surface area contributed by atoms with Crippen LogP contribution in [0.15, 0.2) is 48.5 Å². The third-order valence-electron chi connectivity index (χ3n) is 5.90. The van der Waals surface area contributed by atoms with E-state index < -0.39 is 0 Å². The molecule has 0 amide bonds. The van der Waals surface area contributed by atoms with E-state index in [-0.39, 0.29) is 18.1 Å². The standard InChI is InChI=1S/C26H35NO3/c1-5-8-26(28)20(4)21-11-13-23(14-12-21)30-25-15-16-27(18-25)22-9-7-10-24(17-22)29-19(3)6-2/h7,9-14,17,19-20,25H,5-6,8,15-16,18H2,1-4H3/t19?,20?,25-/m1/s1. The predicted octanol–water partition coefficient (Wildman–Crippen LogP) is 5.99. The summed E-state index contributed by atoms with van der Waals surface area (Å²) < 4.78 is 12.2. The highest BCUT2D eigenvalue weighted by atomic mass is 16.5. The number of hydrogen-bond acceptors (Lipinski definition) is 4. The van der Waals surface area contributed by atoms with Gasteiger partial charge in [0.05, 0.1) is 12.6 Å². The van der Waals surface area contributed by atoms with Gasteiger partial charge in [-0.05, 0) is 49.6 Å². The summed E-state index contributed by atoms with van der Waals surface area (Å²) in [6.45, 7) is 10.1. The number of benzene rings is 2. The van der Waals surface area contributed by atoms with E-state index in [4.69, 9.17) is 9.47 Å². The summed E-state index contributed by atoms with van der Waals surface area (Å²) in [4.78, 5) is 14.5. The molecule has 3 atom stereocenters. The smallest absolute Gasteiger partial charge is 0.140 e. The highest BCUT2D eigenvalue weighted by Gasteiger charge is 2.25. The first-order valence-electron chi connectivity index (χ1n) is 11.3. The molecule has 162 valence electrons. The lowest BCUT2D eigenvalue weighted by Gasteiger charge is -2.21. The Morgan fingerprint density at radius 3 is 2.57 bits per heavy atom. The van der Waals surface area contributed by atoms with E-state index in [9.17, 15) is 4.79 Å². The lowest BCUT2D eigenvalue weighted by Crippen LogP contribution is -2.24. The van der Waals surface area contributed by atoms with Crippen molar-refractivity contribution in [2.45, 2.75) is 71.5 Å². The molecule has 30 heavy (non-hydrogen) atoms. The summed E-state index contributed by atoms with van der Waals surface area (Å²) in [5.74, 6) is 2.05. The molecule has 0 spiro atoms. The van der Waals surface area contributed by atoms with Crippen molar-refractivity contribution in [3.63, 3.8) is 0 Å². The molecule has 1 fully saturated rings. The van der Waals surface area contributed by atoms with Crippen molar-refractivity contribution in [1.82, 2.24) is 0 Å². The molecule has 0 saturated carbocycles. The lowest BCUT2D eigenvalue weighted by molar-refractivity contribution is -0.120. The Kier molecular flexibility index (Phi) is 7.78. The normalized spacial score (nSPS) is 18.1. The molecule has 4 heteroatoms. The van der Waals surface area contributed by atoms with Crippen LogP contribution in [0.2, 0.25) is 0 Å². The van der Waals surface area contributed by atoms with E-state index in [0.717, 1.165) is 49.4 Å². The average Bonchev–Trinajstić information content (AvgIpc) is 3.22. The number of hydrogen-bond donors (Lipinski definition) is 0. The zero-order valence-electron chi connectivity index (χ0n) is 18.8. The molecule has 2 aromatic carbocycles. The van der Waals surface area contributed by atoms with Gasteiger partial charge >= 0.3 is 0 Å². The third-order valence-corrected chi connectivity index (χ3v) is 5.90. The highest BCUT2D eigenvalue weighted by Crippen LogP contribution is 2.28. The van der Waals surface area contributed by atoms with Crippen molar-refractivity contribution in [2.24, 2.45) is 0 Å². The molecule has 1 heterocycles. The quantitative estimate of drug-likeness (QED) is 0.483. The van der Waals surface area contributed by atoms with Crippen LogP contribution < -0.4 is 14.4 Å². The molecule has 1 aliphatic rings. The first-order chi connectivity index (χ1) is 14.5. The number of nitrogens with zero attached hydrogens (tertiary/aromatic N) is 1. The van der Waals surface area contributed by atoms with Crippen molar-refractivity contribution in [3.8, 4) is 11.5 Å². The molecule has 1 saturated heterocycles. The molecular formula is C26H35NO3. The highest BCUT2D eigenvalue weighted by molar-refractivity contribution is 5.85. The van der Waals surface area contributed by atoms with E-state index in [1.807, 2.05) is 44.2 Å². The maximum Gasteiger partial charge on any atom is 0.140 e. The van der Waals surface area contributed by atoms with Crippen molar-refractivity contribution >= 4 is 11.5 Å². The van der Waals surface area contributed by atoms with Crippen LogP contribution >= 0.6 is 0 Å². The van der Waals surface area contributed by atoms with Crippen LogP contribution in [-0.4, -0.2) is 31.1 Å². The van der Waals surface area contributed by atoms with Crippen LogP contribution in [0, 0.1) is 0 Å². The third kappa shape index (κ3) is 5.78. The molecule has 0 aliphatic carbocycles. The Labute approximate surface area is 181 Å². The number of rotatable bonds is 10. The molecule has 0 aromatic heterocycles. The van der Waals surface area contributed by atoms with Gasteiger partial charge in [0.2, 0.25) is 0 Å². The average molecular weight is 410 g/mol. The minimum Gasteiger partial charge on any atom is -0.491 e. The number of ketones is 1. The maximum atomic E-state index is 12.1. The van der Waals surface area contributed by atoms with Gasteiger partial charge in [0, 0.05) is 37.1 Å². The van der Waals surface area contributed by atoms with Gasteiger partial charge in [0.1, 0.15) is 23.4 Å². The zero-order valence-corrected chi connectivity index (χ0v) is 18.8. The molecule has 0 bridgehead atoms. The summed E-state index contributed by atoms with van der Waals surface area (Å²) in [6.07, 6.45) is 3.90. The van der Waals surface area contributed by atoms with Crippen molar-refractivity contribution in [2.75, 3.05) is 18.0 Å². The fourth-order valence-corrected chi connectivity index (χ4v) is 3.80. The largest absolute Gasteiger partial charge is 0.491 e. The van der Waals surface area contributed by atoms with Crippen molar-refractivity contribution < 1.29 is 14.3 Å². The molecular weight excluding hydrogens is 374 g/mol. The van der Waals surface area contributed by atoms with E-state index in [1.54, 1.807) is 0 Å². The second-order valence-corrected chi connectivity index (χ2v) is 8.32. The van der Waals surface area contributed by atoms with E-state index in [0.29, 0.717) is 12.2 Å². The van der Waals surface area contributed by atoms with Gasteiger partial charge in [-0.15, -0.1) is 0 Å². The first-order valence-corrected chi connectivity index (χ1v) is 11.3. The van der Waals surface area contributed by atoms with Gasteiger partial charge in [-0.1, -0.05) is 39.0 Å². The van der Waals surface area contributed by atoms with Gasteiger partial charge < -0.3 is 14.4 Å². The lowest BCUT2D eigenvalue weighted by atomic mass is 9.94. The first kappa shape index (κ1) is 22.2. The van der Waals surface area contributed by atoms with Gasteiger partial charge in [0.25, 0.3) is 0 Å². The fraction of sp³-hybridized carbons (Fsp3) is 0.500. The summed E-state index contributed by atoms with van der Waals surface area (Å²) >= 11 is 0. The fourth-order valence-electron chi connectivity index (χ4n) is 3.80. The Bertz CT molecular complexity index is 817. The van der Waals surface area contributed by atoms with E-state index in [2.05, 4.69) is 36.9 Å². The second-order valence-electron chi connectivity index (χ2n) is 8.32. The van der Waals surface area contributed by atoms with Gasteiger partial charge in [-0.25, -0.2) is 0 Å². The Morgan fingerprint density at radius 1 is 1.10 bits per heavy atom. The van der Waals surface area contributed by atoms with Crippen LogP contribution in [0.4, 0.5) is 5.69 Å². The van der Waals surface area contributed by atoms with Crippen molar-refractivity contribution in [1.29, 1.82) is 0 Å². The van der Waals surface area contributed by atoms with Crippen LogP contribution in [-0.2, 0) is 4.79 Å². The van der Waals surface area contributed by atoms with E-state index >= 15 is 0 Å².